The normalized spacial score (nSPS) is 10.2. The maximum absolute atomic E-state index is 13.2. The summed E-state index contributed by atoms with van der Waals surface area (Å²) in [6.07, 6.45) is 0. The van der Waals surface area contributed by atoms with Crippen molar-refractivity contribution in [1.82, 2.24) is 0 Å². The number of carbonyl (C=O) groups is 1. The third-order valence-electron chi connectivity index (χ3n) is 2.76. The van der Waals surface area contributed by atoms with Crippen molar-refractivity contribution in [3.05, 3.63) is 52.3 Å². The Morgan fingerprint density at radius 3 is 2.62 bits per heavy atom. The van der Waals surface area contributed by atoms with Gasteiger partial charge in [-0.25, -0.2) is 9.18 Å². The first-order valence-corrected chi connectivity index (χ1v) is 7.09. The summed E-state index contributed by atoms with van der Waals surface area (Å²) < 4.78 is 18.5. The first-order chi connectivity index (χ1) is 10.0. The van der Waals surface area contributed by atoms with Crippen LogP contribution in [0.2, 0.25) is 0 Å². The van der Waals surface area contributed by atoms with E-state index in [1.54, 1.807) is 37.3 Å². The highest BCUT2D eigenvalue weighted by atomic mass is 79.9. The molecule has 0 atom stereocenters. The van der Waals surface area contributed by atoms with Gasteiger partial charge in [0.15, 0.2) is 0 Å². The van der Waals surface area contributed by atoms with E-state index in [9.17, 15) is 9.18 Å². The predicted molar refractivity (Wildman–Crippen MR) is 84.2 cm³/mol. The fraction of sp³-hybridized carbons (Fsp3) is 0.133. The zero-order valence-electron chi connectivity index (χ0n) is 11.3. The van der Waals surface area contributed by atoms with Gasteiger partial charge in [0.2, 0.25) is 0 Å². The summed E-state index contributed by atoms with van der Waals surface area (Å²) in [7, 11) is 0. The number of hydrogen-bond donors (Lipinski definition) is 2. The molecule has 2 rings (SSSR count). The van der Waals surface area contributed by atoms with E-state index in [0.29, 0.717) is 27.1 Å². The zero-order chi connectivity index (χ0) is 15.4. The molecule has 0 aliphatic carbocycles. The smallest absolute Gasteiger partial charge is 0.340 e. The first-order valence-electron chi connectivity index (χ1n) is 6.30. The molecular formula is C15H14BrFN2O2. The van der Waals surface area contributed by atoms with Crippen molar-refractivity contribution in [3.63, 3.8) is 0 Å². The van der Waals surface area contributed by atoms with Crippen molar-refractivity contribution in [3.8, 4) is 0 Å². The van der Waals surface area contributed by atoms with Gasteiger partial charge in [-0.2, -0.15) is 0 Å². The van der Waals surface area contributed by atoms with Gasteiger partial charge in [-0.3, -0.25) is 0 Å². The molecule has 3 N–H and O–H groups in total. The SMILES string of the molecule is CCOC(=O)c1cc(Nc2ccc(F)c(Br)c2)ccc1N. The average Bonchev–Trinajstić information content (AvgIpc) is 2.45. The Bertz CT molecular complexity index is 677. The molecule has 0 saturated heterocycles. The lowest BCUT2D eigenvalue weighted by atomic mass is 10.1. The van der Waals surface area contributed by atoms with Crippen molar-refractivity contribution in [2.24, 2.45) is 0 Å². The lowest BCUT2D eigenvalue weighted by molar-refractivity contribution is 0.0527. The third kappa shape index (κ3) is 3.72. The molecule has 0 saturated carbocycles. The Hall–Kier alpha value is -2.08. The number of benzene rings is 2. The second-order valence-corrected chi connectivity index (χ2v) is 5.13. The molecule has 0 radical (unpaired) electrons. The van der Waals surface area contributed by atoms with Gasteiger partial charge < -0.3 is 15.8 Å². The Balaban J connectivity index is 2.26. The third-order valence-corrected chi connectivity index (χ3v) is 3.36. The summed E-state index contributed by atoms with van der Waals surface area (Å²) in [4.78, 5) is 11.8. The summed E-state index contributed by atoms with van der Waals surface area (Å²) >= 11 is 3.12. The summed E-state index contributed by atoms with van der Waals surface area (Å²) in [5.74, 6) is -0.816. The highest BCUT2D eigenvalue weighted by molar-refractivity contribution is 9.10. The molecule has 0 aliphatic heterocycles. The van der Waals surface area contributed by atoms with Gasteiger partial charge in [-0.05, 0) is 59.3 Å². The second-order valence-electron chi connectivity index (χ2n) is 4.28. The molecule has 110 valence electrons. The number of halogens is 2. The molecule has 2 aromatic rings. The number of nitrogens with two attached hydrogens (primary N) is 1. The van der Waals surface area contributed by atoms with Gasteiger partial charge in [0.05, 0.1) is 16.6 Å². The van der Waals surface area contributed by atoms with Gasteiger partial charge in [0, 0.05) is 17.1 Å². The molecule has 0 amide bonds. The average molecular weight is 353 g/mol. The van der Waals surface area contributed by atoms with Crippen molar-refractivity contribution in [2.45, 2.75) is 6.92 Å². The van der Waals surface area contributed by atoms with Crippen LogP contribution in [-0.4, -0.2) is 12.6 Å². The molecule has 2 aromatic carbocycles. The maximum atomic E-state index is 13.2. The van der Waals surface area contributed by atoms with E-state index in [-0.39, 0.29) is 12.4 Å². The molecule has 0 aromatic heterocycles. The van der Waals surface area contributed by atoms with E-state index in [1.807, 2.05) is 0 Å². The molecule has 0 heterocycles. The summed E-state index contributed by atoms with van der Waals surface area (Å²) in [5, 5.41) is 3.08. The number of nitrogens with one attached hydrogen (secondary N) is 1. The minimum absolute atomic E-state index is 0.279. The fourth-order valence-electron chi connectivity index (χ4n) is 1.76. The van der Waals surface area contributed by atoms with E-state index in [1.165, 1.54) is 6.07 Å². The highest BCUT2D eigenvalue weighted by Crippen LogP contribution is 2.25. The second kappa shape index (κ2) is 6.58. The first kappa shape index (κ1) is 15.3. The standard InChI is InChI=1S/C15H14BrFN2O2/c1-2-21-15(20)11-7-9(4-6-14(11)18)19-10-3-5-13(17)12(16)8-10/h3-8,19H,2,18H2,1H3. The van der Waals surface area contributed by atoms with Crippen molar-refractivity contribution >= 4 is 39.0 Å². The summed E-state index contributed by atoms with van der Waals surface area (Å²) in [6.45, 7) is 2.01. The van der Waals surface area contributed by atoms with Crippen molar-refractivity contribution in [1.29, 1.82) is 0 Å². The number of esters is 1. The number of rotatable bonds is 4. The summed E-state index contributed by atoms with van der Waals surface area (Å²) in [5.41, 5.74) is 7.75. The summed E-state index contributed by atoms with van der Waals surface area (Å²) in [6, 6.07) is 9.50. The Labute approximate surface area is 130 Å². The van der Waals surface area contributed by atoms with Gasteiger partial charge in [-0.1, -0.05) is 0 Å². The minimum atomic E-state index is -0.473. The van der Waals surface area contributed by atoms with E-state index in [0.717, 1.165) is 0 Å². The van der Waals surface area contributed by atoms with Gasteiger partial charge >= 0.3 is 5.97 Å². The van der Waals surface area contributed by atoms with Gasteiger partial charge in [0.1, 0.15) is 5.82 Å². The fourth-order valence-corrected chi connectivity index (χ4v) is 2.14. The highest BCUT2D eigenvalue weighted by Gasteiger charge is 2.11. The Kier molecular flexibility index (Phi) is 4.80. The van der Waals surface area contributed by atoms with E-state index >= 15 is 0 Å². The van der Waals surface area contributed by atoms with E-state index in [4.69, 9.17) is 10.5 Å². The lowest BCUT2D eigenvalue weighted by Crippen LogP contribution is -2.08. The van der Waals surface area contributed by atoms with Crippen LogP contribution in [0.25, 0.3) is 0 Å². The molecule has 4 nitrogen and oxygen atoms in total. The van der Waals surface area contributed by atoms with Crippen LogP contribution in [0, 0.1) is 5.82 Å². The number of carbonyl (C=O) groups excluding carboxylic acids is 1. The van der Waals surface area contributed by atoms with Crippen LogP contribution in [0.3, 0.4) is 0 Å². The molecule has 0 bridgehead atoms. The van der Waals surface area contributed by atoms with Crippen LogP contribution in [0.15, 0.2) is 40.9 Å². The molecule has 0 unspecified atom stereocenters. The predicted octanol–water partition coefficient (Wildman–Crippen LogP) is 4.09. The molecule has 0 spiro atoms. The molecular weight excluding hydrogens is 339 g/mol. The van der Waals surface area contributed by atoms with Crippen LogP contribution in [0.5, 0.6) is 0 Å². The van der Waals surface area contributed by atoms with Crippen LogP contribution >= 0.6 is 15.9 Å². The lowest BCUT2D eigenvalue weighted by Gasteiger charge is -2.10. The molecule has 21 heavy (non-hydrogen) atoms. The number of anilines is 3. The zero-order valence-corrected chi connectivity index (χ0v) is 12.9. The minimum Gasteiger partial charge on any atom is -0.462 e. The van der Waals surface area contributed by atoms with E-state index in [2.05, 4.69) is 21.2 Å². The van der Waals surface area contributed by atoms with Gasteiger partial charge in [0.25, 0.3) is 0 Å². The Morgan fingerprint density at radius 2 is 1.95 bits per heavy atom. The molecule has 6 heteroatoms. The van der Waals surface area contributed by atoms with Crippen LogP contribution in [-0.2, 0) is 4.74 Å². The van der Waals surface area contributed by atoms with Crippen molar-refractivity contribution < 1.29 is 13.9 Å². The topological polar surface area (TPSA) is 64.3 Å². The van der Waals surface area contributed by atoms with Crippen molar-refractivity contribution in [2.75, 3.05) is 17.7 Å². The molecule has 0 aliphatic rings. The van der Waals surface area contributed by atoms with Crippen LogP contribution in [0.1, 0.15) is 17.3 Å². The van der Waals surface area contributed by atoms with E-state index < -0.39 is 5.97 Å². The van der Waals surface area contributed by atoms with Crippen LogP contribution < -0.4 is 11.1 Å². The Morgan fingerprint density at radius 1 is 1.29 bits per heavy atom. The molecule has 0 fully saturated rings. The number of nitrogen functional groups attached to an aromatic ring is 1. The number of hydrogen-bond acceptors (Lipinski definition) is 4. The van der Waals surface area contributed by atoms with Crippen LogP contribution in [0.4, 0.5) is 21.5 Å². The number of ether oxygens (including phenoxy) is 1. The largest absolute Gasteiger partial charge is 0.462 e. The quantitative estimate of drug-likeness (QED) is 0.642. The maximum Gasteiger partial charge on any atom is 0.340 e. The van der Waals surface area contributed by atoms with Gasteiger partial charge in [-0.15, -0.1) is 0 Å². The monoisotopic (exact) mass is 352 g/mol.